The summed E-state index contributed by atoms with van der Waals surface area (Å²) in [5, 5.41) is 0. The molecule has 0 N–H and O–H groups in total. The van der Waals surface area contributed by atoms with E-state index in [0.29, 0.717) is 0 Å². The second-order valence-electron chi connectivity index (χ2n) is 9.31. The minimum Gasteiger partial charge on any atom is -0.258 e. The zero-order valence-electron chi connectivity index (χ0n) is 20.7. The highest BCUT2D eigenvalue weighted by molar-refractivity contribution is 5.39. The Bertz CT molecular complexity index is 487. The summed E-state index contributed by atoms with van der Waals surface area (Å²) < 4.78 is 0. The van der Waals surface area contributed by atoms with Crippen LogP contribution in [-0.4, -0.2) is 4.98 Å². The number of aryl methyl sites for hydroxylation is 2. The van der Waals surface area contributed by atoms with Gasteiger partial charge in [0.2, 0.25) is 0 Å². The van der Waals surface area contributed by atoms with Crippen LogP contribution in [0.3, 0.4) is 0 Å². The van der Waals surface area contributed by atoms with Gasteiger partial charge in [0, 0.05) is 11.4 Å². The van der Waals surface area contributed by atoms with Crippen molar-refractivity contribution in [1.29, 1.82) is 0 Å². The summed E-state index contributed by atoms with van der Waals surface area (Å²) in [5.74, 6) is 0. The highest BCUT2D eigenvalue weighted by Gasteiger charge is 2.12. The summed E-state index contributed by atoms with van der Waals surface area (Å²) in [7, 11) is 0. The second kappa shape index (κ2) is 16.9. The first-order chi connectivity index (χ1) is 14.1. The summed E-state index contributed by atoms with van der Waals surface area (Å²) >= 11 is 0. The van der Waals surface area contributed by atoms with E-state index in [0.717, 1.165) is 0 Å². The highest BCUT2D eigenvalue weighted by atomic mass is 14.7. The van der Waals surface area contributed by atoms with Crippen molar-refractivity contribution >= 4 is 0 Å². The lowest BCUT2D eigenvalue weighted by atomic mass is 9.92. The fourth-order valence-corrected chi connectivity index (χ4v) is 4.72. The molecule has 0 radical (unpaired) electrons. The molecule has 1 aromatic rings. The van der Waals surface area contributed by atoms with E-state index in [1.807, 2.05) is 0 Å². The standard InChI is InChI=1S/C28H51N/c1-6-8-10-12-14-16-18-20-22-27-24(3)28(26(5)29-25(27)4)23-21-19-17-15-13-11-9-7-2/h6-23H2,1-5H3. The zero-order chi connectivity index (χ0) is 21.3. The molecule has 0 fully saturated rings. The van der Waals surface area contributed by atoms with Gasteiger partial charge in [-0.2, -0.15) is 0 Å². The van der Waals surface area contributed by atoms with Gasteiger partial charge >= 0.3 is 0 Å². The molecular formula is C28H51N. The van der Waals surface area contributed by atoms with Crippen LogP contribution < -0.4 is 0 Å². The predicted molar refractivity (Wildman–Crippen MR) is 131 cm³/mol. The molecular weight excluding hydrogens is 350 g/mol. The number of aromatic nitrogens is 1. The molecule has 0 unspecified atom stereocenters. The first-order valence-corrected chi connectivity index (χ1v) is 13.1. The fraction of sp³-hybridized carbons (Fsp3) is 0.821. The van der Waals surface area contributed by atoms with E-state index in [1.54, 1.807) is 16.7 Å². The van der Waals surface area contributed by atoms with Crippen LogP contribution in [0, 0.1) is 20.8 Å². The van der Waals surface area contributed by atoms with Crippen LogP contribution in [0.25, 0.3) is 0 Å². The number of hydrogen-bond acceptors (Lipinski definition) is 1. The molecule has 1 heterocycles. The number of hydrogen-bond donors (Lipinski definition) is 0. The van der Waals surface area contributed by atoms with Crippen LogP contribution >= 0.6 is 0 Å². The fourth-order valence-electron chi connectivity index (χ4n) is 4.72. The van der Waals surface area contributed by atoms with Crippen molar-refractivity contribution in [2.45, 2.75) is 150 Å². The molecule has 0 spiro atoms. The Morgan fingerprint density at radius 1 is 0.448 bits per heavy atom. The number of nitrogens with zero attached hydrogens (tertiary/aromatic N) is 1. The Morgan fingerprint density at radius 2 is 0.759 bits per heavy atom. The Labute approximate surface area is 183 Å². The molecule has 0 atom stereocenters. The van der Waals surface area contributed by atoms with Gasteiger partial charge < -0.3 is 0 Å². The smallest absolute Gasteiger partial charge is 0.0410 e. The maximum atomic E-state index is 4.93. The lowest BCUT2D eigenvalue weighted by molar-refractivity contribution is 0.572. The summed E-state index contributed by atoms with van der Waals surface area (Å²) in [6.45, 7) is 11.4. The highest BCUT2D eigenvalue weighted by Crippen LogP contribution is 2.24. The minimum absolute atomic E-state index is 1.23. The molecule has 168 valence electrons. The van der Waals surface area contributed by atoms with Gasteiger partial charge in [-0.05, 0) is 63.1 Å². The largest absolute Gasteiger partial charge is 0.258 e. The topological polar surface area (TPSA) is 12.9 Å². The predicted octanol–water partition coefficient (Wildman–Crippen LogP) is 9.37. The van der Waals surface area contributed by atoms with Crippen molar-refractivity contribution in [1.82, 2.24) is 4.98 Å². The second-order valence-corrected chi connectivity index (χ2v) is 9.31. The van der Waals surface area contributed by atoms with Gasteiger partial charge in [0.25, 0.3) is 0 Å². The lowest BCUT2D eigenvalue weighted by Crippen LogP contribution is -2.06. The van der Waals surface area contributed by atoms with Crippen molar-refractivity contribution < 1.29 is 0 Å². The van der Waals surface area contributed by atoms with Gasteiger partial charge in [0.15, 0.2) is 0 Å². The molecule has 1 heteroatoms. The van der Waals surface area contributed by atoms with Gasteiger partial charge in [-0.1, -0.05) is 104 Å². The first-order valence-electron chi connectivity index (χ1n) is 13.1. The van der Waals surface area contributed by atoms with Gasteiger partial charge in [0.05, 0.1) is 0 Å². The number of unbranched alkanes of at least 4 members (excludes halogenated alkanes) is 14. The maximum absolute atomic E-state index is 4.93. The van der Waals surface area contributed by atoms with Crippen molar-refractivity contribution in [2.24, 2.45) is 0 Å². The van der Waals surface area contributed by atoms with E-state index in [-0.39, 0.29) is 0 Å². The van der Waals surface area contributed by atoms with Gasteiger partial charge in [-0.15, -0.1) is 0 Å². The number of rotatable bonds is 18. The zero-order valence-corrected chi connectivity index (χ0v) is 20.7. The Balaban J connectivity index is 2.37. The normalized spacial score (nSPS) is 11.3. The quantitative estimate of drug-likeness (QED) is 0.223. The third-order valence-corrected chi connectivity index (χ3v) is 6.67. The Hall–Kier alpha value is -0.850. The van der Waals surface area contributed by atoms with Gasteiger partial charge in [-0.3, -0.25) is 4.98 Å². The van der Waals surface area contributed by atoms with Crippen molar-refractivity contribution in [3.63, 3.8) is 0 Å². The van der Waals surface area contributed by atoms with E-state index in [2.05, 4.69) is 34.6 Å². The monoisotopic (exact) mass is 401 g/mol. The molecule has 29 heavy (non-hydrogen) atoms. The van der Waals surface area contributed by atoms with Crippen LogP contribution in [-0.2, 0) is 12.8 Å². The average molecular weight is 402 g/mol. The number of pyridine rings is 1. The third kappa shape index (κ3) is 11.2. The summed E-state index contributed by atoms with van der Waals surface area (Å²) in [6.07, 6.45) is 24.8. The molecule has 1 rings (SSSR count). The Morgan fingerprint density at radius 3 is 1.10 bits per heavy atom. The van der Waals surface area contributed by atoms with E-state index in [9.17, 15) is 0 Å². The first kappa shape index (κ1) is 26.2. The van der Waals surface area contributed by atoms with E-state index >= 15 is 0 Å². The Kier molecular flexibility index (Phi) is 15.3. The SMILES string of the molecule is CCCCCCCCCCc1c(C)nc(C)c(CCCCCCCCCC)c1C. The van der Waals surface area contributed by atoms with E-state index in [4.69, 9.17) is 4.98 Å². The molecule has 0 aliphatic carbocycles. The molecule has 0 saturated carbocycles. The van der Waals surface area contributed by atoms with Crippen LogP contribution in [0.5, 0.6) is 0 Å². The van der Waals surface area contributed by atoms with Crippen molar-refractivity contribution in [3.8, 4) is 0 Å². The molecule has 0 aliphatic rings. The molecule has 0 aliphatic heterocycles. The van der Waals surface area contributed by atoms with Gasteiger partial charge in [0.1, 0.15) is 0 Å². The average Bonchev–Trinajstić information content (AvgIpc) is 2.70. The van der Waals surface area contributed by atoms with Crippen molar-refractivity contribution in [3.05, 3.63) is 28.1 Å². The summed E-state index contributed by atoms with van der Waals surface area (Å²) in [6, 6.07) is 0. The van der Waals surface area contributed by atoms with E-state index < -0.39 is 0 Å². The lowest BCUT2D eigenvalue weighted by Gasteiger charge is -2.17. The molecule has 1 nitrogen and oxygen atoms in total. The minimum atomic E-state index is 1.23. The van der Waals surface area contributed by atoms with Crippen LogP contribution in [0.2, 0.25) is 0 Å². The summed E-state index contributed by atoms with van der Waals surface area (Å²) in [5.41, 5.74) is 7.22. The molecule has 1 aromatic heterocycles. The van der Waals surface area contributed by atoms with Crippen LogP contribution in [0.15, 0.2) is 0 Å². The summed E-state index contributed by atoms with van der Waals surface area (Å²) in [4.78, 5) is 4.93. The maximum Gasteiger partial charge on any atom is 0.0410 e. The molecule has 0 saturated heterocycles. The molecule has 0 amide bonds. The van der Waals surface area contributed by atoms with Gasteiger partial charge in [-0.25, -0.2) is 0 Å². The van der Waals surface area contributed by atoms with E-state index in [1.165, 1.54) is 127 Å². The molecule has 0 aromatic carbocycles. The molecule has 0 bridgehead atoms. The third-order valence-electron chi connectivity index (χ3n) is 6.67. The van der Waals surface area contributed by atoms with Crippen LogP contribution in [0.1, 0.15) is 145 Å². The van der Waals surface area contributed by atoms with Crippen LogP contribution in [0.4, 0.5) is 0 Å². The van der Waals surface area contributed by atoms with Crippen molar-refractivity contribution in [2.75, 3.05) is 0 Å².